The molecule has 6 nitrogen and oxygen atoms in total. The molecular weight excluding hydrogens is 418 g/mol. The lowest BCUT2D eigenvalue weighted by Gasteiger charge is -2.30. The van der Waals surface area contributed by atoms with E-state index in [1.807, 2.05) is 0 Å². The van der Waals surface area contributed by atoms with Crippen molar-refractivity contribution in [3.63, 3.8) is 0 Å². The highest BCUT2D eigenvalue weighted by Gasteiger charge is 2.54. The number of carbonyl (C=O) groups is 1. The highest BCUT2D eigenvalue weighted by molar-refractivity contribution is 7.88. The molecule has 11 heteroatoms. The van der Waals surface area contributed by atoms with E-state index in [1.165, 1.54) is 17.0 Å². The van der Waals surface area contributed by atoms with Crippen molar-refractivity contribution in [3.8, 4) is 5.75 Å². The Morgan fingerprint density at radius 1 is 1.11 bits per heavy atom. The first-order valence-electron chi connectivity index (χ1n) is 8.38. The second-order valence-corrected chi connectivity index (χ2v) is 13.7. The molecule has 0 radical (unpaired) electrons. The molecule has 1 amide bonds. The van der Waals surface area contributed by atoms with Gasteiger partial charge in [-0.3, -0.25) is 4.79 Å². The van der Waals surface area contributed by atoms with Crippen LogP contribution in [-0.4, -0.2) is 31.3 Å². The number of hydrogen-bond donors (Lipinski definition) is 0. The number of rotatable bonds is 2. The molecular formula is C17H23F3NO5PS. The first-order chi connectivity index (χ1) is 12.3. The Morgan fingerprint density at radius 2 is 1.64 bits per heavy atom. The Hall–Kier alpha value is -1.54. The summed E-state index contributed by atoms with van der Waals surface area (Å²) < 4.78 is 79.8. The smallest absolute Gasteiger partial charge is 0.375 e. The van der Waals surface area contributed by atoms with E-state index in [9.17, 15) is 30.9 Å². The fraction of sp³-hybridized carbons (Fsp3) is 0.588. The van der Waals surface area contributed by atoms with E-state index in [0.29, 0.717) is 0 Å². The van der Waals surface area contributed by atoms with Gasteiger partial charge in [0, 0.05) is 10.6 Å². The third kappa shape index (κ3) is 3.68. The van der Waals surface area contributed by atoms with Crippen molar-refractivity contribution in [2.24, 2.45) is 5.41 Å². The summed E-state index contributed by atoms with van der Waals surface area (Å²) in [6.07, 6.45) is -0.242. The molecule has 0 saturated carbocycles. The molecule has 0 fully saturated rings. The van der Waals surface area contributed by atoms with Crippen LogP contribution in [0, 0.1) is 5.41 Å². The quantitative estimate of drug-likeness (QED) is 0.393. The van der Waals surface area contributed by atoms with Crippen LogP contribution in [0.1, 0.15) is 41.5 Å². The van der Waals surface area contributed by atoms with Crippen LogP contribution in [0.5, 0.6) is 5.75 Å². The van der Waals surface area contributed by atoms with Crippen molar-refractivity contribution in [2.45, 2.75) is 52.2 Å². The Morgan fingerprint density at radius 3 is 2.07 bits per heavy atom. The average molecular weight is 441 g/mol. The van der Waals surface area contributed by atoms with Gasteiger partial charge in [0.05, 0.1) is 17.3 Å². The molecule has 0 aromatic heterocycles. The zero-order chi connectivity index (χ0) is 21.9. The maximum Gasteiger partial charge on any atom is 0.534 e. The van der Waals surface area contributed by atoms with Crippen molar-refractivity contribution in [1.29, 1.82) is 0 Å². The number of hydrogen-bond acceptors (Lipinski definition) is 5. The van der Waals surface area contributed by atoms with Crippen LogP contribution in [0.3, 0.4) is 0 Å². The van der Waals surface area contributed by atoms with Crippen LogP contribution in [0.15, 0.2) is 18.2 Å². The van der Waals surface area contributed by atoms with E-state index in [0.717, 1.165) is 6.07 Å². The first kappa shape index (κ1) is 22.7. The summed E-state index contributed by atoms with van der Waals surface area (Å²) in [5, 5.41) is -1.11. The van der Waals surface area contributed by atoms with Gasteiger partial charge in [-0.05, 0) is 12.1 Å². The Kier molecular flexibility index (Phi) is 5.27. The van der Waals surface area contributed by atoms with E-state index in [4.69, 9.17) is 0 Å². The van der Waals surface area contributed by atoms with Crippen molar-refractivity contribution in [2.75, 3.05) is 11.2 Å². The van der Waals surface area contributed by atoms with Gasteiger partial charge in [-0.2, -0.15) is 21.6 Å². The minimum Gasteiger partial charge on any atom is -0.375 e. The van der Waals surface area contributed by atoms with E-state index in [-0.39, 0.29) is 23.2 Å². The molecule has 0 spiro atoms. The lowest BCUT2D eigenvalue weighted by atomic mass is 9.95. The number of benzene rings is 1. The van der Waals surface area contributed by atoms with Crippen LogP contribution in [0.2, 0.25) is 0 Å². The van der Waals surface area contributed by atoms with E-state index in [1.54, 1.807) is 41.5 Å². The number of alkyl halides is 3. The summed E-state index contributed by atoms with van der Waals surface area (Å²) in [5.41, 5.74) is -6.38. The lowest BCUT2D eigenvalue weighted by molar-refractivity contribution is -0.125. The molecule has 1 aromatic rings. The van der Waals surface area contributed by atoms with Crippen LogP contribution >= 0.6 is 7.14 Å². The number of carbonyl (C=O) groups excluding carboxylic acids is 1. The topological polar surface area (TPSA) is 80.8 Å². The van der Waals surface area contributed by atoms with Crippen LogP contribution < -0.4 is 14.4 Å². The summed E-state index contributed by atoms with van der Waals surface area (Å²) in [7, 11) is -9.51. The summed E-state index contributed by atoms with van der Waals surface area (Å²) in [5.74, 6) is -1.05. The second kappa shape index (κ2) is 6.49. The fourth-order valence-corrected chi connectivity index (χ4v) is 6.29. The van der Waals surface area contributed by atoms with Gasteiger partial charge < -0.3 is 13.6 Å². The monoisotopic (exact) mass is 441 g/mol. The largest absolute Gasteiger partial charge is 0.534 e. The molecule has 0 bridgehead atoms. The molecule has 1 heterocycles. The van der Waals surface area contributed by atoms with Gasteiger partial charge >= 0.3 is 15.6 Å². The predicted octanol–water partition coefficient (Wildman–Crippen LogP) is 4.05. The lowest BCUT2D eigenvalue weighted by Crippen LogP contribution is -2.38. The van der Waals surface area contributed by atoms with Gasteiger partial charge in [0.1, 0.15) is 7.14 Å². The number of fused-ring (bicyclic) bond motifs is 1. The second-order valence-electron chi connectivity index (χ2n) is 8.64. The average Bonchev–Trinajstić information content (AvgIpc) is 2.79. The van der Waals surface area contributed by atoms with Gasteiger partial charge in [-0.1, -0.05) is 47.6 Å². The van der Waals surface area contributed by atoms with Gasteiger partial charge in [0.2, 0.25) is 5.91 Å². The maximum absolute atomic E-state index is 13.9. The van der Waals surface area contributed by atoms with Gasteiger partial charge in [0.25, 0.3) is 0 Å². The molecule has 158 valence electrons. The molecule has 2 rings (SSSR count). The van der Waals surface area contributed by atoms with Gasteiger partial charge in [0.15, 0.2) is 5.75 Å². The normalized spacial score (nSPS) is 20.8. The summed E-state index contributed by atoms with van der Waals surface area (Å²) in [6, 6.07) is 3.71. The molecule has 0 aliphatic carbocycles. The Balaban J connectivity index is 2.76. The Labute approximate surface area is 162 Å². The predicted molar refractivity (Wildman–Crippen MR) is 101 cm³/mol. The molecule has 1 aliphatic rings. The number of anilines is 1. The van der Waals surface area contributed by atoms with Crippen molar-refractivity contribution >= 4 is 34.2 Å². The minimum atomic E-state index is -5.96. The van der Waals surface area contributed by atoms with Crippen LogP contribution in [0.25, 0.3) is 0 Å². The van der Waals surface area contributed by atoms with Crippen molar-refractivity contribution < 1.29 is 35.1 Å². The Bertz CT molecular complexity index is 958. The van der Waals surface area contributed by atoms with Crippen LogP contribution in [-0.2, 0) is 19.5 Å². The van der Waals surface area contributed by atoms with Gasteiger partial charge in [-0.25, -0.2) is 0 Å². The molecule has 0 N–H and O–H groups in total. The third-order valence-electron chi connectivity index (χ3n) is 4.42. The standard InChI is InChI=1S/C17H23F3NO5PS/c1-15(2,3)14(22)21-10-27(23,16(4,5)6)13-11(21)8-7-9-12(13)26-28(24,25)17(18,19)20/h7-9H,10H2,1-6H3. The summed E-state index contributed by atoms with van der Waals surface area (Å²) in [6.45, 7) is 9.84. The number of nitrogens with zero attached hydrogens (tertiary/aromatic N) is 1. The van der Waals surface area contributed by atoms with Crippen molar-refractivity contribution in [1.82, 2.24) is 0 Å². The zero-order valence-corrected chi connectivity index (χ0v) is 18.1. The van der Waals surface area contributed by atoms with E-state index in [2.05, 4.69) is 4.18 Å². The molecule has 1 atom stereocenters. The minimum absolute atomic E-state index is 0.105. The van der Waals surface area contributed by atoms with E-state index < -0.39 is 39.1 Å². The number of amides is 1. The summed E-state index contributed by atoms with van der Waals surface area (Å²) >= 11 is 0. The highest BCUT2D eigenvalue weighted by atomic mass is 32.2. The first-order valence-corrected chi connectivity index (χ1v) is 11.7. The fourth-order valence-electron chi connectivity index (χ4n) is 2.80. The van der Waals surface area contributed by atoms with Crippen molar-refractivity contribution in [3.05, 3.63) is 18.2 Å². The highest BCUT2D eigenvalue weighted by Crippen LogP contribution is 2.64. The SMILES string of the molecule is CC(C)(C)C(=O)N1CP(=O)(C(C)(C)C)c2c(OS(=O)(=O)C(F)(F)F)cccc21. The number of halogens is 3. The van der Waals surface area contributed by atoms with Gasteiger partial charge in [-0.15, -0.1) is 0 Å². The molecule has 0 saturated heterocycles. The molecule has 1 aromatic carbocycles. The maximum atomic E-state index is 13.9. The van der Waals surface area contributed by atoms with E-state index >= 15 is 0 Å². The van der Waals surface area contributed by atoms with Crippen LogP contribution in [0.4, 0.5) is 18.9 Å². The molecule has 28 heavy (non-hydrogen) atoms. The summed E-state index contributed by atoms with van der Waals surface area (Å²) in [4.78, 5) is 14.1. The molecule has 1 aliphatic heterocycles. The third-order valence-corrected chi connectivity index (χ3v) is 9.41. The zero-order valence-electron chi connectivity index (χ0n) is 16.4. The molecule has 1 unspecified atom stereocenters.